The van der Waals surface area contributed by atoms with E-state index in [1.54, 1.807) is 11.3 Å². The first-order valence-electron chi connectivity index (χ1n) is 9.77. The lowest BCUT2D eigenvalue weighted by Gasteiger charge is -2.12. The van der Waals surface area contributed by atoms with Crippen LogP contribution in [-0.2, 0) is 13.1 Å². The highest BCUT2D eigenvalue weighted by atomic mass is 32.1. The lowest BCUT2D eigenvalue weighted by Crippen LogP contribution is -2.36. The molecule has 1 aromatic heterocycles. The minimum Gasteiger partial charge on any atom is -0.357 e. The maximum Gasteiger partial charge on any atom is 0.251 e. The van der Waals surface area contributed by atoms with Crippen molar-refractivity contribution in [2.75, 3.05) is 6.54 Å². The van der Waals surface area contributed by atoms with Gasteiger partial charge >= 0.3 is 0 Å². The largest absolute Gasteiger partial charge is 0.357 e. The topological polar surface area (TPSA) is 78.4 Å². The number of carbonyl (C=O) groups excluding carboxylic acids is 1. The zero-order valence-electron chi connectivity index (χ0n) is 17.4. The summed E-state index contributed by atoms with van der Waals surface area (Å²) in [4.78, 5) is 22.7. The number of aliphatic imine (C=N–C) groups is 1. The van der Waals surface area contributed by atoms with Gasteiger partial charge in [0.25, 0.3) is 5.91 Å². The summed E-state index contributed by atoms with van der Waals surface area (Å²) in [7, 11) is 0. The third-order valence-electron chi connectivity index (χ3n) is 4.36. The van der Waals surface area contributed by atoms with Gasteiger partial charge in [0.1, 0.15) is 0 Å². The molecule has 1 atom stereocenters. The zero-order valence-corrected chi connectivity index (χ0v) is 18.2. The molecule has 0 aliphatic heterocycles. The second kappa shape index (κ2) is 10.8. The average molecular weight is 402 g/mol. The van der Waals surface area contributed by atoms with E-state index in [0.717, 1.165) is 35.2 Å². The molecule has 2 aromatic rings. The maximum atomic E-state index is 12.3. The van der Waals surface area contributed by atoms with Crippen LogP contribution in [0.15, 0.2) is 29.3 Å². The van der Waals surface area contributed by atoms with Gasteiger partial charge in [-0.15, -0.1) is 11.3 Å². The van der Waals surface area contributed by atoms with Gasteiger partial charge in [-0.3, -0.25) is 4.79 Å². The first-order chi connectivity index (χ1) is 13.4. The van der Waals surface area contributed by atoms with Gasteiger partial charge in [0.15, 0.2) is 5.96 Å². The lowest BCUT2D eigenvalue weighted by molar-refractivity contribution is 0.0939. The van der Waals surface area contributed by atoms with Gasteiger partial charge in [-0.2, -0.15) is 0 Å². The number of rotatable bonds is 8. The van der Waals surface area contributed by atoms with E-state index in [1.165, 1.54) is 4.88 Å². The standard InChI is InChI=1S/C21H31N5OS/c1-6-14(3)25-20(27)18-10-8-9-17(11-18)12-23-21(22-7-2)24-13-19-15(4)26-16(5)28-19/h8-11,14H,6-7,12-13H2,1-5H3,(H,25,27)(H2,22,23,24). The van der Waals surface area contributed by atoms with Gasteiger partial charge in [-0.05, 0) is 51.8 Å². The second-order valence-electron chi connectivity index (χ2n) is 6.77. The summed E-state index contributed by atoms with van der Waals surface area (Å²) < 4.78 is 0. The molecule has 1 amide bonds. The number of nitrogens with one attached hydrogen (secondary N) is 3. The molecule has 2 rings (SSSR count). The van der Waals surface area contributed by atoms with Crippen LogP contribution in [-0.4, -0.2) is 29.4 Å². The van der Waals surface area contributed by atoms with Crippen LogP contribution in [0.3, 0.4) is 0 Å². The smallest absolute Gasteiger partial charge is 0.251 e. The first kappa shape index (κ1) is 21.9. The highest BCUT2D eigenvalue weighted by molar-refractivity contribution is 7.11. The Kier molecular flexibility index (Phi) is 8.44. The van der Waals surface area contributed by atoms with E-state index in [-0.39, 0.29) is 11.9 Å². The van der Waals surface area contributed by atoms with Crippen molar-refractivity contribution in [1.29, 1.82) is 0 Å². The van der Waals surface area contributed by atoms with E-state index in [2.05, 4.69) is 32.9 Å². The maximum absolute atomic E-state index is 12.3. The Morgan fingerprint density at radius 3 is 2.68 bits per heavy atom. The Hall–Kier alpha value is -2.41. The Morgan fingerprint density at radius 2 is 2.04 bits per heavy atom. The molecule has 0 saturated heterocycles. The number of aryl methyl sites for hydroxylation is 2. The molecule has 0 spiro atoms. The van der Waals surface area contributed by atoms with Crippen LogP contribution in [0.25, 0.3) is 0 Å². The summed E-state index contributed by atoms with van der Waals surface area (Å²) in [5.41, 5.74) is 2.73. The number of nitrogens with zero attached hydrogens (tertiary/aromatic N) is 2. The van der Waals surface area contributed by atoms with Crippen molar-refractivity contribution in [1.82, 2.24) is 20.9 Å². The molecule has 0 aliphatic carbocycles. The van der Waals surface area contributed by atoms with Gasteiger partial charge in [-0.1, -0.05) is 19.1 Å². The molecule has 7 heteroatoms. The van der Waals surface area contributed by atoms with Crippen molar-refractivity contribution in [3.8, 4) is 0 Å². The third kappa shape index (κ3) is 6.64. The van der Waals surface area contributed by atoms with Crippen LogP contribution < -0.4 is 16.0 Å². The molecule has 0 fully saturated rings. The van der Waals surface area contributed by atoms with Gasteiger partial charge in [0.05, 0.1) is 23.8 Å². The lowest BCUT2D eigenvalue weighted by atomic mass is 10.1. The predicted octanol–water partition coefficient (Wildman–Crippen LogP) is 3.54. The Bertz CT molecular complexity index is 815. The highest BCUT2D eigenvalue weighted by Crippen LogP contribution is 2.16. The summed E-state index contributed by atoms with van der Waals surface area (Å²) in [5.74, 6) is 0.712. The molecule has 1 heterocycles. The number of aromatic nitrogens is 1. The van der Waals surface area contributed by atoms with Crippen LogP contribution in [0.4, 0.5) is 0 Å². The number of hydrogen-bond donors (Lipinski definition) is 3. The van der Waals surface area contributed by atoms with Crippen LogP contribution in [0, 0.1) is 13.8 Å². The van der Waals surface area contributed by atoms with Gasteiger partial charge < -0.3 is 16.0 Å². The number of guanidine groups is 1. The van der Waals surface area contributed by atoms with E-state index in [1.807, 2.05) is 52.0 Å². The van der Waals surface area contributed by atoms with E-state index in [0.29, 0.717) is 18.7 Å². The Morgan fingerprint density at radius 1 is 1.25 bits per heavy atom. The first-order valence-corrected chi connectivity index (χ1v) is 10.6. The number of carbonyl (C=O) groups is 1. The Labute approximate surface area is 171 Å². The van der Waals surface area contributed by atoms with Gasteiger partial charge in [0.2, 0.25) is 0 Å². The minimum atomic E-state index is -0.0405. The molecule has 0 aliphatic rings. The van der Waals surface area contributed by atoms with Crippen LogP contribution in [0.1, 0.15) is 58.7 Å². The molecular weight excluding hydrogens is 370 g/mol. The zero-order chi connectivity index (χ0) is 20.5. The fraction of sp³-hybridized carbons (Fsp3) is 0.476. The molecule has 0 saturated carbocycles. The predicted molar refractivity (Wildman–Crippen MR) is 117 cm³/mol. The van der Waals surface area contributed by atoms with E-state index in [9.17, 15) is 4.79 Å². The third-order valence-corrected chi connectivity index (χ3v) is 5.43. The molecule has 3 N–H and O–H groups in total. The fourth-order valence-electron chi connectivity index (χ4n) is 2.63. The van der Waals surface area contributed by atoms with E-state index in [4.69, 9.17) is 0 Å². The normalized spacial score (nSPS) is 12.5. The monoisotopic (exact) mass is 401 g/mol. The minimum absolute atomic E-state index is 0.0405. The fourth-order valence-corrected chi connectivity index (χ4v) is 3.51. The summed E-state index contributed by atoms with van der Waals surface area (Å²) in [6.45, 7) is 12.1. The van der Waals surface area contributed by atoms with Crippen molar-refractivity contribution in [3.63, 3.8) is 0 Å². The number of benzene rings is 1. The van der Waals surface area contributed by atoms with Crippen molar-refractivity contribution < 1.29 is 4.79 Å². The number of hydrogen-bond acceptors (Lipinski definition) is 4. The summed E-state index contributed by atoms with van der Waals surface area (Å²) in [6, 6.07) is 7.80. The van der Waals surface area contributed by atoms with Gasteiger partial charge in [-0.25, -0.2) is 9.98 Å². The van der Waals surface area contributed by atoms with Crippen molar-refractivity contribution in [2.24, 2.45) is 4.99 Å². The molecule has 28 heavy (non-hydrogen) atoms. The molecular formula is C21H31N5OS. The van der Waals surface area contributed by atoms with E-state index < -0.39 is 0 Å². The average Bonchev–Trinajstić information content (AvgIpc) is 3.01. The van der Waals surface area contributed by atoms with E-state index >= 15 is 0 Å². The van der Waals surface area contributed by atoms with Crippen molar-refractivity contribution in [2.45, 2.75) is 60.2 Å². The quantitative estimate of drug-likeness (QED) is 0.467. The molecule has 152 valence electrons. The SMILES string of the molecule is CCNC(=NCc1cccc(C(=O)NC(C)CC)c1)NCc1sc(C)nc1C. The second-order valence-corrected chi connectivity index (χ2v) is 8.06. The summed E-state index contributed by atoms with van der Waals surface area (Å²) in [6.07, 6.45) is 0.909. The van der Waals surface area contributed by atoms with Crippen LogP contribution in [0.5, 0.6) is 0 Å². The summed E-state index contributed by atoms with van der Waals surface area (Å²) >= 11 is 1.70. The molecule has 1 aromatic carbocycles. The van der Waals surface area contributed by atoms with Crippen molar-refractivity contribution >= 4 is 23.2 Å². The highest BCUT2D eigenvalue weighted by Gasteiger charge is 2.09. The molecule has 6 nitrogen and oxygen atoms in total. The van der Waals surface area contributed by atoms with Gasteiger partial charge in [0, 0.05) is 23.0 Å². The molecule has 0 radical (unpaired) electrons. The van der Waals surface area contributed by atoms with Crippen molar-refractivity contribution in [3.05, 3.63) is 51.0 Å². The van der Waals surface area contributed by atoms with Crippen LogP contribution >= 0.6 is 11.3 Å². The molecule has 1 unspecified atom stereocenters. The van der Waals surface area contributed by atoms with Crippen LogP contribution in [0.2, 0.25) is 0 Å². The molecule has 0 bridgehead atoms. The number of thiazole rings is 1. The summed E-state index contributed by atoms with van der Waals surface area (Å²) in [5, 5.41) is 10.7. The number of amides is 1. The Balaban J connectivity index is 2.02.